The maximum Gasteiger partial charge on any atom is 2.00 e. The number of carboxylic acid groups (broad SMARTS) is 1. The van der Waals surface area contributed by atoms with Gasteiger partial charge in [0.15, 0.2) is 0 Å². The van der Waals surface area contributed by atoms with E-state index >= 15 is 0 Å². The molecule has 0 aromatic carbocycles. The molecule has 0 rings (SSSR count). The van der Waals surface area contributed by atoms with Crippen molar-refractivity contribution in [2.24, 2.45) is 0 Å². The van der Waals surface area contributed by atoms with Crippen molar-refractivity contribution >= 4 is 29.0 Å². The molecule has 0 atom stereocenters. The van der Waals surface area contributed by atoms with E-state index in [2.05, 4.69) is 0 Å². The Morgan fingerprint density at radius 3 is 2.14 bits per heavy atom. The number of carboxylic acids is 1. The van der Waals surface area contributed by atoms with Crippen LogP contribution in [0.3, 0.4) is 0 Å². The second-order valence-corrected chi connectivity index (χ2v) is 1.12. The summed E-state index contributed by atoms with van der Waals surface area (Å²) >= 11 is 0. The molecule has 0 spiro atoms. The Morgan fingerprint density at radius 1 is 1.71 bits per heavy atom. The molecule has 0 aliphatic rings. The van der Waals surface area contributed by atoms with Crippen LogP contribution in [-0.4, -0.2) is 29.0 Å². The maximum absolute atomic E-state index is 9.49. The van der Waals surface area contributed by atoms with Crippen LogP contribution >= 0.6 is 0 Å². The molecule has 36 valence electrons. The van der Waals surface area contributed by atoms with E-state index in [9.17, 15) is 9.90 Å². The molecule has 0 aromatic rings. The van der Waals surface area contributed by atoms with E-state index in [1.165, 1.54) is 0 Å². The van der Waals surface area contributed by atoms with Gasteiger partial charge in [0.05, 0.1) is 0 Å². The zero-order valence-electron chi connectivity index (χ0n) is 4.44. The molecule has 0 aliphatic carbocycles. The van der Waals surface area contributed by atoms with Gasteiger partial charge < -0.3 is 9.90 Å². The minimum Gasteiger partial charge on any atom is -0.550 e. The van der Waals surface area contributed by atoms with Crippen molar-refractivity contribution in [3.05, 3.63) is 0 Å². The third-order valence-corrected chi connectivity index (χ3v) is 0.454. The molecule has 7 heavy (non-hydrogen) atoms. The fourth-order valence-corrected chi connectivity index (χ4v) is 0.204. The fourth-order valence-electron chi connectivity index (χ4n) is 0.204. The van der Waals surface area contributed by atoms with Crippen LogP contribution in [0.1, 0.15) is 19.8 Å². The average Bonchev–Trinajstić information content (AvgIpc) is 1.35. The summed E-state index contributed by atoms with van der Waals surface area (Å²) < 4.78 is 0. The van der Waals surface area contributed by atoms with Crippen LogP contribution in [0.25, 0.3) is 0 Å². The van der Waals surface area contributed by atoms with Gasteiger partial charge >= 0.3 is 23.1 Å². The van der Waals surface area contributed by atoms with Gasteiger partial charge in [0, 0.05) is 5.97 Å². The first-order chi connectivity index (χ1) is 2.77. The average molecular weight is 111 g/mol. The molecule has 2 nitrogen and oxygen atoms in total. The second kappa shape index (κ2) is 6.24. The third-order valence-electron chi connectivity index (χ3n) is 0.454. The van der Waals surface area contributed by atoms with Crippen molar-refractivity contribution in [3.8, 4) is 0 Å². The summed E-state index contributed by atoms with van der Waals surface area (Å²) in [5.41, 5.74) is 0. The SMILES string of the molecule is CCCC(=O)[O-].[Mg+2]. The summed E-state index contributed by atoms with van der Waals surface area (Å²) in [7, 11) is 0. The van der Waals surface area contributed by atoms with Gasteiger partial charge in [-0.05, 0) is 6.42 Å². The van der Waals surface area contributed by atoms with Crippen molar-refractivity contribution in [2.45, 2.75) is 19.8 Å². The summed E-state index contributed by atoms with van der Waals surface area (Å²) in [6.07, 6.45) is 0.850. The molecule has 0 fully saturated rings. The van der Waals surface area contributed by atoms with E-state index in [1.807, 2.05) is 0 Å². The normalized spacial score (nSPS) is 7.00. The van der Waals surface area contributed by atoms with Gasteiger partial charge in [-0.15, -0.1) is 0 Å². The Hall–Kier alpha value is 0.236. The Kier molecular flexibility index (Phi) is 9.14. The fraction of sp³-hybridized carbons (Fsp3) is 0.750. The molecule has 0 aromatic heterocycles. The standard InChI is InChI=1S/C4H8O2.Mg/c1-2-3-4(5)6;/h2-3H2,1H3,(H,5,6);/q;+2/p-1. The molecule has 0 saturated heterocycles. The van der Waals surface area contributed by atoms with Crippen LogP contribution in [0.2, 0.25) is 0 Å². The molecular weight excluding hydrogens is 104 g/mol. The van der Waals surface area contributed by atoms with Gasteiger partial charge in [-0.1, -0.05) is 13.3 Å². The molecule has 0 heterocycles. The molecule has 0 bridgehead atoms. The van der Waals surface area contributed by atoms with E-state index in [-0.39, 0.29) is 29.5 Å². The molecule has 0 aliphatic heterocycles. The van der Waals surface area contributed by atoms with Crippen LogP contribution in [0.4, 0.5) is 0 Å². The predicted octanol–water partition coefficient (Wildman–Crippen LogP) is -0.844. The van der Waals surface area contributed by atoms with Crippen LogP contribution < -0.4 is 5.11 Å². The van der Waals surface area contributed by atoms with Crippen LogP contribution in [0.15, 0.2) is 0 Å². The number of rotatable bonds is 2. The number of carbonyl (C=O) groups is 1. The van der Waals surface area contributed by atoms with E-state index < -0.39 is 5.97 Å². The van der Waals surface area contributed by atoms with E-state index in [0.717, 1.165) is 0 Å². The molecule has 0 N–H and O–H groups in total. The molecule has 3 heteroatoms. The first kappa shape index (κ1) is 10.3. The Balaban J connectivity index is 0. The van der Waals surface area contributed by atoms with E-state index in [1.54, 1.807) is 6.92 Å². The van der Waals surface area contributed by atoms with E-state index in [4.69, 9.17) is 0 Å². The molecule has 0 unspecified atom stereocenters. The minimum absolute atomic E-state index is 0. The topological polar surface area (TPSA) is 40.1 Å². The predicted molar refractivity (Wildman–Crippen MR) is 25.7 cm³/mol. The van der Waals surface area contributed by atoms with Gasteiger partial charge in [0.2, 0.25) is 0 Å². The largest absolute Gasteiger partial charge is 2.00 e. The van der Waals surface area contributed by atoms with Crippen molar-refractivity contribution in [1.82, 2.24) is 0 Å². The van der Waals surface area contributed by atoms with Crippen molar-refractivity contribution in [3.63, 3.8) is 0 Å². The molecule has 0 radical (unpaired) electrons. The van der Waals surface area contributed by atoms with Gasteiger partial charge in [-0.3, -0.25) is 0 Å². The summed E-state index contributed by atoms with van der Waals surface area (Å²) in [6.45, 7) is 1.80. The Morgan fingerprint density at radius 2 is 2.14 bits per heavy atom. The zero-order valence-corrected chi connectivity index (χ0v) is 5.85. The second-order valence-electron chi connectivity index (χ2n) is 1.12. The van der Waals surface area contributed by atoms with Gasteiger partial charge in [-0.25, -0.2) is 0 Å². The monoisotopic (exact) mass is 111 g/mol. The van der Waals surface area contributed by atoms with Crippen LogP contribution in [-0.2, 0) is 4.79 Å². The first-order valence-electron chi connectivity index (χ1n) is 1.97. The zero-order chi connectivity index (χ0) is 4.99. The van der Waals surface area contributed by atoms with Crippen LogP contribution in [0, 0.1) is 0 Å². The Labute approximate surface area is 59.1 Å². The molecule has 0 saturated carbocycles. The number of hydrogen-bond acceptors (Lipinski definition) is 2. The summed E-state index contributed by atoms with van der Waals surface area (Å²) in [5, 5.41) is 9.49. The van der Waals surface area contributed by atoms with Crippen molar-refractivity contribution in [1.29, 1.82) is 0 Å². The smallest absolute Gasteiger partial charge is 0.550 e. The summed E-state index contributed by atoms with van der Waals surface area (Å²) in [5.74, 6) is -0.961. The summed E-state index contributed by atoms with van der Waals surface area (Å²) in [6, 6.07) is 0. The quantitative estimate of drug-likeness (QED) is 0.436. The summed E-state index contributed by atoms with van der Waals surface area (Å²) in [4.78, 5) is 9.49. The molecule has 0 amide bonds. The number of aliphatic carboxylic acids is 1. The van der Waals surface area contributed by atoms with E-state index in [0.29, 0.717) is 6.42 Å². The number of hydrogen-bond donors (Lipinski definition) is 0. The third kappa shape index (κ3) is 10.7. The van der Waals surface area contributed by atoms with Crippen LogP contribution in [0.5, 0.6) is 0 Å². The molecular formula is C4H7MgO2+. The van der Waals surface area contributed by atoms with Gasteiger partial charge in [-0.2, -0.15) is 0 Å². The Bertz CT molecular complexity index is 53.7. The first-order valence-corrected chi connectivity index (χ1v) is 1.97. The minimum atomic E-state index is -0.961. The number of carbonyl (C=O) groups excluding carboxylic acids is 1. The van der Waals surface area contributed by atoms with Crippen molar-refractivity contribution in [2.75, 3.05) is 0 Å². The van der Waals surface area contributed by atoms with Crippen molar-refractivity contribution < 1.29 is 9.90 Å². The maximum atomic E-state index is 9.49. The van der Waals surface area contributed by atoms with Gasteiger partial charge in [0.25, 0.3) is 0 Å². The van der Waals surface area contributed by atoms with Gasteiger partial charge in [0.1, 0.15) is 0 Å².